The van der Waals surface area contributed by atoms with Crippen molar-refractivity contribution in [3.05, 3.63) is 24.3 Å². The van der Waals surface area contributed by atoms with Gasteiger partial charge in [-0.05, 0) is 25.0 Å². The largest absolute Gasteiger partial charge is 0.497 e. The molecule has 1 aromatic carbocycles. The van der Waals surface area contributed by atoms with Crippen molar-refractivity contribution in [1.29, 1.82) is 0 Å². The lowest BCUT2D eigenvalue weighted by atomic mass is 10.2. The summed E-state index contributed by atoms with van der Waals surface area (Å²) in [6, 6.07) is 7.45. The zero-order chi connectivity index (χ0) is 14.1. The zero-order valence-corrected chi connectivity index (χ0v) is 12.0. The lowest BCUT2D eigenvalue weighted by molar-refractivity contribution is 0.303. The monoisotopic (exact) mass is 287 g/mol. The lowest BCUT2D eigenvalue weighted by Gasteiger charge is -2.07. The van der Waals surface area contributed by atoms with E-state index in [1.54, 1.807) is 7.11 Å². The topological polar surface area (TPSA) is 78.6 Å². The number of primary sulfonamides is 1. The van der Waals surface area contributed by atoms with Crippen molar-refractivity contribution in [2.45, 2.75) is 25.7 Å². The summed E-state index contributed by atoms with van der Waals surface area (Å²) in [5, 5.41) is 4.92. The number of sulfonamides is 1. The van der Waals surface area contributed by atoms with Gasteiger partial charge in [0, 0.05) is 6.07 Å². The fourth-order valence-corrected chi connectivity index (χ4v) is 2.25. The fourth-order valence-electron chi connectivity index (χ4n) is 1.64. The molecule has 0 aliphatic heterocycles. The lowest BCUT2D eigenvalue weighted by Crippen LogP contribution is -2.16. The highest BCUT2D eigenvalue weighted by atomic mass is 32.2. The van der Waals surface area contributed by atoms with Crippen molar-refractivity contribution in [1.82, 2.24) is 0 Å². The summed E-state index contributed by atoms with van der Waals surface area (Å²) in [6.45, 7) is 0.614. The Kier molecular flexibility index (Phi) is 6.66. The Morgan fingerprint density at radius 2 is 1.79 bits per heavy atom. The number of ether oxygens (including phenoxy) is 2. The molecule has 108 valence electrons. The first-order valence-corrected chi connectivity index (χ1v) is 8.00. The summed E-state index contributed by atoms with van der Waals surface area (Å²) < 4.78 is 32.1. The number of unbranched alkanes of at least 4 members (excludes halogenated alkanes) is 3. The molecule has 19 heavy (non-hydrogen) atoms. The van der Waals surface area contributed by atoms with Gasteiger partial charge in [0.1, 0.15) is 11.5 Å². The fraction of sp³-hybridized carbons (Fsp3) is 0.538. The molecule has 1 rings (SSSR count). The molecule has 0 spiro atoms. The Hall–Kier alpha value is -1.27. The van der Waals surface area contributed by atoms with Gasteiger partial charge in [-0.25, -0.2) is 13.6 Å². The predicted molar refractivity (Wildman–Crippen MR) is 74.9 cm³/mol. The van der Waals surface area contributed by atoms with Gasteiger partial charge >= 0.3 is 0 Å². The van der Waals surface area contributed by atoms with Gasteiger partial charge in [0.25, 0.3) is 0 Å². The molecule has 0 atom stereocenters. The van der Waals surface area contributed by atoms with Crippen LogP contribution >= 0.6 is 0 Å². The van der Waals surface area contributed by atoms with Gasteiger partial charge in [-0.3, -0.25) is 0 Å². The maximum Gasteiger partial charge on any atom is 0.209 e. The molecule has 5 nitrogen and oxygen atoms in total. The molecule has 1 aromatic rings. The third-order valence-corrected chi connectivity index (χ3v) is 3.49. The summed E-state index contributed by atoms with van der Waals surface area (Å²) in [5.41, 5.74) is 0. The third-order valence-electron chi connectivity index (χ3n) is 2.63. The molecule has 0 aromatic heterocycles. The zero-order valence-electron chi connectivity index (χ0n) is 11.2. The average Bonchev–Trinajstić information content (AvgIpc) is 2.36. The van der Waals surface area contributed by atoms with E-state index in [1.807, 2.05) is 24.3 Å². The molecule has 0 heterocycles. The van der Waals surface area contributed by atoms with Crippen LogP contribution in [0.1, 0.15) is 25.7 Å². The Balaban J connectivity index is 2.10. The summed E-state index contributed by atoms with van der Waals surface area (Å²) in [5.74, 6) is 1.61. The second kappa shape index (κ2) is 8.01. The van der Waals surface area contributed by atoms with E-state index in [0.717, 1.165) is 30.8 Å². The second-order valence-corrected chi connectivity index (χ2v) is 6.04. The Labute approximate surface area is 114 Å². The van der Waals surface area contributed by atoms with Gasteiger partial charge in [0.05, 0.1) is 19.5 Å². The van der Waals surface area contributed by atoms with Crippen molar-refractivity contribution in [2.24, 2.45) is 5.14 Å². The Morgan fingerprint density at radius 3 is 2.47 bits per heavy atom. The van der Waals surface area contributed by atoms with Gasteiger partial charge in [0.2, 0.25) is 10.0 Å². The van der Waals surface area contributed by atoms with E-state index in [0.29, 0.717) is 13.0 Å². The first kappa shape index (κ1) is 15.8. The normalized spacial score (nSPS) is 11.3. The molecule has 0 aliphatic carbocycles. The first-order valence-electron chi connectivity index (χ1n) is 6.28. The van der Waals surface area contributed by atoms with Gasteiger partial charge in [-0.2, -0.15) is 0 Å². The number of hydrogen-bond acceptors (Lipinski definition) is 4. The van der Waals surface area contributed by atoms with Crippen molar-refractivity contribution < 1.29 is 17.9 Å². The van der Waals surface area contributed by atoms with Crippen molar-refractivity contribution in [3.8, 4) is 11.5 Å². The summed E-state index contributed by atoms with van der Waals surface area (Å²) in [7, 11) is -1.70. The number of rotatable bonds is 9. The van der Waals surface area contributed by atoms with E-state index < -0.39 is 10.0 Å². The minimum Gasteiger partial charge on any atom is -0.497 e. The number of benzene rings is 1. The van der Waals surface area contributed by atoms with Gasteiger partial charge in [-0.1, -0.05) is 18.9 Å². The quantitative estimate of drug-likeness (QED) is 0.704. The molecule has 0 aliphatic rings. The van der Waals surface area contributed by atoms with E-state index in [1.165, 1.54) is 0 Å². The summed E-state index contributed by atoms with van der Waals surface area (Å²) >= 11 is 0. The first-order chi connectivity index (χ1) is 9.01. The molecule has 2 N–H and O–H groups in total. The molecule has 0 saturated heterocycles. The van der Waals surface area contributed by atoms with Crippen LogP contribution in [-0.4, -0.2) is 27.9 Å². The highest BCUT2D eigenvalue weighted by Crippen LogP contribution is 2.19. The molecule has 0 amide bonds. The molecule has 0 fully saturated rings. The van der Waals surface area contributed by atoms with Gasteiger partial charge in [0.15, 0.2) is 0 Å². The van der Waals surface area contributed by atoms with Crippen LogP contribution in [0.2, 0.25) is 0 Å². The van der Waals surface area contributed by atoms with E-state index in [4.69, 9.17) is 14.6 Å². The molecular formula is C13H21NO4S. The number of nitrogens with two attached hydrogens (primary N) is 1. The molecule has 0 saturated carbocycles. The summed E-state index contributed by atoms with van der Waals surface area (Å²) in [6.07, 6.45) is 3.28. The van der Waals surface area contributed by atoms with Crippen molar-refractivity contribution >= 4 is 10.0 Å². The average molecular weight is 287 g/mol. The summed E-state index contributed by atoms with van der Waals surface area (Å²) in [4.78, 5) is 0. The molecule has 6 heteroatoms. The maximum absolute atomic E-state index is 10.7. The highest BCUT2D eigenvalue weighted by molar-refractivity contribution is 7.89. The highest BCUT2D eigenvalue weighted by Gasteiger charge is 2.01. The molecule has 0 bridgehead atoms. The standard InChI is InChI=1S/C13H21NO4S/c1-17-12-7-6-8-13(11-12)18-9-4-2-3-5-10-19(14,15)16/h6-8,11H,2-5,9-10H2,1H3,(H2,14,15,16). The van der Waals surface area contributed by atoms with Crippen LogP contribution in [0.5, 0.6) is 11.5 Å². The van der Waals surface area contributed by atoms with E-state index in [2.05, 4.69) is 0 Å². The smallest absolute Gasteiger partial charge is 0.209 e. The van der Waals surface area contributed by atoms with Crippen LogP contribution < -0.4 is 14.6 Å². The Morgan fingerprint density at radius 1 is 1.11 bits per heavy atom. The minimum absolute atomic E-state index is 0.0593. The van der Waals surface area contributed by atoms with Crippen LogP contribution in [0.15, 0.2) is 24.3 Å². The predicted octanol–water partition coefficient (Wildman–Crippen LogP) is 1.92. The van der Waals surface area contributed by atoms with E-state index in [-0.39, 0.29) is 5.75 Å². The SMILES string of the molecule is COc1cccc(OCCCCCCS(N)(=O)=O)c1. The van der Waals surface area contributed by atoms with Crippen molar-refractivity contribution in [2.75, 3.05) is 19.5 Å². The number of hydrogen-bond donors (Lipinski definition) is 1. The van der Waals surface area contributed by atoms with Crippen LogP contribution in [-0.2, 0) is 10.0 Å². The molecule has 0 radical (unpaired) electrons. The maximum atomic E-state index is 10.7. The third kappa shape index (κ3) is 7.69. The van der Waals surface area contributed by atoms with Crippen LogP contribution in [0.4, 0.5) is 0 Å². The number of methoxy groups -OCH3 is 1. The van der Waals surface area contributed by atoms with Crippen molar-refractivity contribution in [3.63, 3.8) is 0 Å². The van der Waals surface area contributed by atoms with E-state index >= 15 is 0 Å². The van der Waals surface area contributed by atoms with Gasteiger partial charge < -0.3 is 9.47 Å². The van der Waals surface area contributed by atoms with Crippen LogP contribution in [0.25, 0.3) is 0 Å². The van der Waals surface area contributed by atoms with E-state index in [9.17, 15) is 8.42 Å². The van der Waals surface area contributed by atoms with Crippen LogP contribution in [0, 0.1) is 0 Å². The molecule has 0 unspecified atom stereocenters. The second-order valence-electron chi connectivity index (χ2n) is 4.31. The van der Waals surface area contributed by atoms with Crippen LogP contribution in [0.3, 0.4) is 0 Å². The minimum atomic E-state index is -3.31. The van der Waals surface area contributed by atoms with Gasteiger partial charge in [-0.15, -0.1) is 0 Å². The Bertz CT molecular complexity index is 473. The molecular weight excluding hydrogens is 266 g/mol.